The van der Waals surface area contributed by atoms with E-state index in [1.165, 1.54) is 4.31 Å². The van der Waals surface area contributed by atoms with Crippen LogP contribution in [0.5, 0.6) is 11.5 Å². The van der Waals surface area contributed by atoms with Gasteiger partial charge in [0.05, 0.1) is 11.5 Å². The molecule has 0 radical (unpaired) electrons. The predicted molar refractivity (Wildman–Crippen MR) is 114 cm³/mol. The molecule has 1 heterocycles. The molecule has 0 saturated carbocycles. The second-order valence-corrected chi connectivity index (χ2v) is 9.14. The minimum atomic E-state index is -3.57. The first-order valence-electron chi connectivity index (χ1n) is 10.0. The highest BCUT2D eigenvalue weighted by molar-refractivity contribution is 7.89. The summed E-state index contributed by atoms with van der Waals surface area (Å²) in [5.41, 5.74) is 1.99. The Morgan fingerprint density at radius 1 is 0.933 bits per heavy atom. The Balaban J connectivity index is 1.57. The van der Waals surface area contributed by atoms with Gasteiger partial charge in [0, 0.05) is 26.2 Å². The fourth-order valence-corrected chi connectivity index (χ4v) is 4.78. The van der Waals surface area contributed by atoms with Crippen LogP contribution in [0.2, 0.25) is 0 Å². The zero-order valence-corrected chi connectivity index (χ0v) is 18.4. The summed E-state index contributed by atoms with van der Waals surface area (Å²) in [6, 6.07) is 12.4. The molecule has 1 amide bonds. The Labute approximate surface area is 178 Å². The van der Waals surface area contributed by atoms with Crippen LogP contribution in [0.15, 0.2) is 47.4 Å². The monoisotopic (exact) mass is 432 g/mol. The molecule has 2 aromatic carbocycles. The van der Waals surface area contributed by atoms with Gasteiger partial charge in [-0.05, 0) is 56.2 Å². The number of benzene rings is 2. The highest BCUT2D eigenvalue weighted by Crippen LogP contribution is 2.26. The van der Waals surface area contributed by atoms with Crippen LogP contribution < -0.4 is 9.47 Å². The summed E-state index contributed by atoms with van der Waals surface area (Å²) in [4.78, 5) is 14.5. The molecule has 0 aliphatic carbocycles. The first-order valence-corrected chi connectivity index (χ1v) is 11.5. The number of ether oxygens (including phenoxy) is 2. The number of nitrogens with zero attached hydrogens (tertiary/aromatic N) is 2. The molecule has 2 aromatic rings. The number of aryl methyl sites for hydroxylation is 2. The summed E-state index contributed by atoms with van der Waals surface area (Å²) in [6.07, 6.45) is 0. The third-order valence-corrected chi connectivity index (χ3v) is 7.10. The van der Waals surface area contributed by atoms with Crippen molar-refractivity contribution in [3.63, 3.8) is 0 Å². The summed E-state index contributed by atoms with van der Waals surface area (Å²) in [5, 5.41) is 0. The molecule has 0 N–H and O–H groups in total. The van der Waals surface area contributed by atoms with Gasteiger partial charge in [-0.2, -0.15) is 4.31 Å². The van der Waals surface area contributed by atoms with E-state index in [4.69, 9.17) is 9.47 Å². The molecule has 162 valence electrons. The second kappa shape index (κ2) is 9.49. The Morgan fingerprint density at radius 2 is 1.57 bits per heavy atom. The van der Waals surface area contributed by atoms with Crippen LogP contribution in [-0.4, -0.2) is 62.9 Å². The molecule has 1 saturated heterocycles. The van der Waals surface area contributed by atoms with Crippen molar-refractivity contribution in [2.45, 2.75) is 25.7 Å². The average Bonchev–Trinajstić information content (AvgIpc) is 2.75. The van der Waals surface area contributed by atoms with Crippen LogP contribution in [0, 0.1) is 13.8 Å². The van der Waals surface area contributed by atoms with Gasteiger partial charge in [0.2, 0.25) is 10.0 Å². The smallest absolute Gasteiger partial charge is 0.260 e. The van der Waals surface area contributed by atoms with Gasteiger partial charge in [0.1, 0.15) is 0 Å². The third-order valence-electron chi connectivity index (χ3n) is 5.21. The molecule has 8 heteroatoms. The van der Waals surface area contributed by atoms with E-state index in [-0.39, 0.29) is 25.6 Å². The highest BCUT2D eigenvalue weighted by Gasteiger charge is 2.30. The van der Waals surface area contributed by atoms with Crippen LogP contribution in [0.3, 0.4) is 0 Å². The van der Waals surface area contributed by atoms with Crippen LogP contribution in [-0.2, 0) is 14.8 Å². The molecule has 0 spiro atoms. The maximum Gasteiger partial charge on any atom is 0.260 e. The van der Waals surface area contributed by atoms with Crippen LogP contribution in [0.1, 0.15) is 18.1 Å². The summed E-state index contributed by atoms with van der Waals surface area (Å²) < 4.78 is 38.4. The molecule has 7 nitrogen and oxygen atoms in total. The van der Waals surface area contributed by atoms with E-state index in [1.807, 2.05) is 39.0 Å². The summed E-state index contributed by atoms with van der Waals surface area (Å²) in [6.45, 7) is 7.30. The van der Waals surface area contributed by atoms with Crippen molar-refractivity contribution in [1.82, 2.24) is 9.21 Å². The lowest BCUT2D eigenvalue weighted by Crippen LogP contribution is -2.51. The molecule has 1 fully saturated rings. The molecule has 1 aliphatic rings. The van der Waals surface area contributed by atoms with Crippen molar-refractivity contribution in [1.29, 1.82) is 0 Å². The lowest BCUT2D eigenvalue weighted by Gasteiger charge is -2.34. The number of sulfonamides is 1. The Morgan fingerprint density at radius 3 is 2.17 bits per heavy atom. The molecule has 30 heavy (non-hydrogen) atoms. The molecule has 1 aliphatic heterocycles. The van der Waals surface area contributed by atoms with E-state index in [2.05, 4.69) is 0 Å². The summed E-state index contributed by atoms with van der Waals surface area (Å²) in [5.74, 6) is 0.935. The number of para-hydroxylation sites is 2. The van der Waals surface area contributed by atoms with Gasteiger partial charge in [0.15, 0.2) is 18.1 Å². The molecule has 0 bridgehead atoms. The minimum absolute atomic E-state index is 0.117. The van der Waals surface area contributed by atoms with E-state index >= 15 is 0 Å². The van der Waals surface area contributed by atoms with Crippen molar-refractivity contribution >= 4 is 15.9 Å². The number of carbonyl (C=O) groups is 1. The average molecular weight is 433 g/mol. The van der Waals surface area contributed by atoms with Gasteiger partial charge in [-0.3, -0.25) is 4.79 Å². The lowest BCUT2D eigenvalue weighted by atomic mass is 10.1. The van der Waals surface area contributed by atoms with Gasteiger partial charge in [-0.15, -0.1) is 0 Å². The maximum atomic E-state index is 12.9. The predicted octanol–water partition coefficient (Wildman–Crippen LogP) is 2.61. The van der Waals surface area contributed by atoms with Crippen LogP contribution in [0.25, 0.3) is 0 Å². The zero-order valence-electron chi connectivity index (χ0n) is 17.6. The lowest BCUT2D eigenvalue weighted by molar-refractivity contribution is -0.134. The van der Waals surface area contributed by atoms with E-state index in [0.29, 0.717) is 36.1 Å². The molecule has 0 atom stereocenters. The van der Waals surface area contributed by atoms with Gasteiger partial charge in [0.25, 0.3) is 5.91 Å². The highest BCUT2D eigenvalue weighted by atomic mass is 32.2. The molecule has 0 unspecified atom stereocenters. The van der Waals surface area contributed by atoms with Crippen molar-refractivity contribution in [2.75, 3.05) is 39.4 Å². The van der Waals surface area contributed by atoms with Crippen LogP contribution >= 0.6 is 0 Å². The molecule has 3 rings (SSSR count). The van der Waals surface area contributed by atoms with Gasteiger partial charge in [-0.1, -0.05) is 18.2 Å². The number of hydrogen-bond donors (Lipinski definition) is 0. The standard InChI is InChI=1S/C22H28N2O5S/c1-4-28-20-7-5-6-8-21(20)29-16-22(25)23-11-13-24(14-12-23)30(26,27)19-10-9-17(2)18(3)15-19/h5-10,15H,4,11-14,16H2,1-3H3. The van der Waals surface area contributed by atoms with Crippen molar-refractivity contribution in [2.24, 2.45) is 0 Å². The van der Waals surface area contributed by atoms with Crippen LogP contribution in [0.4, 0.5) is 0 Å². The quantitative estimate of drug-likeness (QED) is 0.672. The topological polar surface area (TPSA) is 76.2 Å². The molecular formula is C22H28N2O5S. The Bertz CT molecular complexity index is 998. The minimum Gasteiger partial charge on any atom is -0.490 e. The van der Waals surface area contributed by atoms with E-state index in [1.54, 1.807) is 29.2 Å². The summed E-state index contributed by atoms with van der Waals surface area (Å²) in [7, 11) is -3.57. The third kappa shape index (κ3) is 4.94. The SMILES string of the molecule is CCOc1ccccc1OCC(=O)N1CCN(S(=O)(=O)c2ccc(C)c(C)c2)CC1. The Hall–Kier alpha value is -2.58. The second-order valence-electron chi connectivity index (χ2n) is 7.20. The van der Waals surface area contributed by atoms with Crippen molar-refractivity contribution in [3.8, 4) is 11.5 Å². The normalized spacial score (nSPS) is 15.1. The number of hydrogen-bond acceptors (Lipinski definition) is 5. The number of amides is 1. The fourth-order valence-electron chi connectivity index (χ4n) is 3.28. The van der Waals surface area contributed by atoms with Crippen molar-refractivity contribution < 1.29 is 22.7 Å². The van der Waals surface area contributed by atoms with E-state index < -0.39 is 10.0 Å². The van der Waals surface area contributed by atoms with E-state index in [9.17, 15) is 13.2 Å². The first kappa shape index (κ1) is 22.1. The van der Waals surface area contributed by atoms with Gasteiger partial charge < -0.3 is 14.4 Å². The molecule has 0 aromatic heterocycles. The maximum absolute atomic E-state index is 12.9. The van der Waals surface area contributed by atoms with Crippen molar-refractivity contribution in [3.05, 3.63) is 53.6 Å². The number of rotatable bonds is 7. The number of piperazine rings is 1. The fraction of sp³-hybridized carbons (Fsp3) is 0.409. The van der Waals surface area contributed by atoms with E-state index in [0.717, 1.165) is 11.1 Å². The first-order chi connectivity index (χ1) is 14.3. The van der Waals surface area contributed by atoms with Gasteiger partial charge >= 0.3 is 0 Å². The molecular weight excluding hydrogens is 404 g/mol. The van der Waals surface area contributed by atoms with Gasteiger partial charge in [-0.25, -0.2) is 8.42 Å². The summed E-state index contributed by atoms with van der Waals surface area (Å²) >= 11 is 0. The largest absolute Gasteiger partial charge is 0.490 e. The number of carbonyl (C=O) groups excluding carboxylic acids is 1. The Kier molecular flexibility index (Phi) is 6.99. The zero-order chi connectivity index (χ0) is 21.7.